The first-order chi connectivity index (χ1) is 9.94. The van der Waals surface area contributed by atoms with Crippen LogP contribution in [0.25, 0.3) is 0 Å². The Bertz CT molecular complexity index is 516. The number of hydrogen-bond donors (Lipinski definition) is 2. The van der Waals surface area contributed by atoms with E-state index in [2.05, 4.69) is 5.32 Å². The van der Waals surface area contributed by atoms with Gasteiger partial charge in [0.05, 0.1) is 18.4 Å². The molecule has 6 nitrogen and oxygen atoms in total. The number of carbonyl (C=O) groups excluding carboxylic acids is 1. The van der Waals surface area contributed by atoms with Crippen molar-refractivity contribution in [1.82, 2.24) is 4.90 Å². The summed E-state index contributed by atoms with van der Waals surface area (Å²) < 4.78 is 5.07. The molecule has 0 aromatic heterocycles. The first kappa shape index (κ1) is 16.8. The minimum atomic E-state index is -1.10. The molecule has 21 heavy (non-hydrogen) atoms. The number of carboxylic acid groups (broad SMARTS) is 1. The Balaban J connectivity index is 3.04. The third-order valence-corrected chi connectivity index (χ3v) is 3.42. The highest BCUT2D eigenvalue weighted by atomic mass is 16.5. The average Bonchev–Trinajstić information content (AvgIpc) is 2.47. The topological polar surface area (TPSA) is 78.9 Å². The summed E-state index contributed by atoms with van der Waals surface area (Å²) in [5.41, 5.74) is 0.262. The van der Waals surface area contributed by atoms with E-state index in [0.717, 1.165) is 6.42 Å². The van der Waals surface area contributed by atoms with Crippen LogP contribution in [-0.2, 0) is 0 Å². The van der Waals surface area contributed by atoms with Crippen LogP contribution in [-0.4, -0.2) is 41.7 Å². The number of urea groups is 1. The number of nitrogens with zero attached hydrogens (tertiary/aromatic N) is 1. The minimum absolute atomic E-state index is 0.0318. The lowest BCUT2D eigenvalue weighted by Crippen LogP contribution is -2.41. The number of carboxylic acids is 1. The number of benzene rings is 1. The Labute approximate surface area is 124 Å². The van der Waals surface area contributed by atoms with E-state index >= 15 is 0 Å². The molecule has 116 valence electrons. The monoisotopic (exact) mass is 294 g/mol. The third-order valence-electron chi connectivity index (χ3n) is 3.42. The smallest absolute Gasteiger partial charge is 0.337 e. The van der Waals surface area contributed by atoms with Crippen molar-refractivity contribution in [3.8, 4) is 5.75 Å². The van der Waals surface area contributed by atoms with Crippen LogP contribution in [0.1, 0.15) is 37.6 Å². The molecule has 1 aromatic carbocycles. The molecule has 1 rings (SSSR count). The highest BCUT2D eigenvalue weighted by Crippen LogP contribution is 2.23. The first-order valence-electron chi connectivity index (χ1n) is 6.93. The number of carbonyl (C=O) groups is 2. The van der Waals surface area contributed by atoms with Crippen LogP contribution in [0, 0.1) is 0 Å². The van der Waals surface area contributed by atoms with Gasteiger partial charge in [0.2, 0.25) is 0 Å². The van der Waals surface area contributed by atoms with Gasteiger partial charge >= 0.3 is 12.0 Å². The molecule has 1 aromatic rings. The van der Waals surface area contributed by atoms with Gasteiger partial charge in [0.1, 0.15) is 5.75 Å². The van der Waals surface area contributed by atoms with Crippen molar-refractivity contribution >= 4 is 17.7 Å². The van der Waals surface area contributed by atoms with E-state index < -0.39 is 5.97 Å². The van der Waals surface area contributed by atoms with Crippen molar-refractivity contribution in [1.29, 1.82) is 0 Å². The van der Waals surface area contributed by atoms with E-state index in [1.54, 1.807) is 11.0 Å². The van der Waals surface area contributed by atoms with Crippen LogP contribution in [0.2, 0.25) is 0 Å². The summed E-state index contributed by atoms with van der Waals surface area (Å²) in [7, 11) is 1.48. The summed E-state index contributed by atoms with van der Waals surface area (Å²) >= 11 is 0. The number of ether oxygens (including phenoxy) is 1. The van der Waals surface area contributed by atoms with Gasteiger partial charge in [-0.15, -0.1) is 0 Å². The summed E-state index contributed by atoms with van der Waals surface area (Å²) in [6, 6.07) is 4.23. The zero-order chi connectivity index (χ0) is 16.0. The van der Waals surface area contributed by atoms with Crippen LogP contribution in [0.5, 0.6) is 5.75 Å². The molecule has 2 N–H and O–H groups in total. The fourth-order valence-electron chi connectivity index (χ4n) is 2.00. The lowest BCUT2D eigenvalue weighted by Gasteiger charge is -2.27. The summed E-state index contributed by atoms with van der Waals surface area (Å²) in [5.74, 6) is -0.610. The number of aromatic carboxylic acids is 1. The number of rotatable bonds is 6. The highest BCUT2D eigenvalue weighted by Gasteiger charge is 2.20. The second kappa shape index (κ2) is 7.52. The minimum Gasteiger partial charge on any atom is -0.497 e. The fourth-order valence-corrected chi connectivity index (χ4v) is 2.00. The molecule has 0 radical (unpaired) electrons. The predicted octanol–water partition coefficient (Wildman–Crippen LogP) is 3.05. The molecule has 0 aliphatic heterocycles. The second-order valence-electron chi connectivity index (χ2n) is 4.69. The summed E-state index contributed by atoms with van der Waals surface area (Å²) in [6.07, 6.45) is 0.825. The number of methoxy groups -OCH3 is 1. The van der Waals surface area contributed by atoms with E-state index in [9.17, 15) is 14.7 Å². The maximum atomic E-state index is 12.3. The second-order valence-corrected chi connectivity index (χ2v) is 4.69. The number of nitrogens with one attached hydrogen (secondary N) is 1. The van der Waals surface area contributed by atoms with Crippen molar-refractivity contribution in [2.24, 2.45) is 0 Å². The van der Waals surface area contributed by atoms with E-state index in [1.165, 1.54) is 19.2 Å². The van der Waals surface area contributed by atoms with E-state index in [0.29, 0.717) is 12.3 Å². The van der Waals surface area contributed by atoms with Crippen LogP contribution in [0.4, 0.5) is 10.5 Å². The van der Waals surface area contributed by atoms with Gasteiger partial charge in [-0.3, -0.25) is 0 Å². The molecule has 0 saturated carbocycles. The number of hydrogen-bond acceptors (Lipinski definition) is 3. The number of anilines is 1. The zero-order valence-electron chi connectivity index (χ0n) is 12.8. The van der Waals surface area contributed by atoms with Crippen molar-refractivity contribution in [3.05, 3.63) is 23.8 Å². The predicted molar refractivity (Wildman–Crippen MR) is 81.1 cm³/mol. The van der Waals surface area contributed by atoms with Gasteiger partial charge in [0, 0.05) is 18.7 Å². The van der Waals surface area contributed by atoms with Gasteiger partial charge in [0.25, 0.3) is 0 Å². The molecular formula is C15H22N2O4. The SMILES string of the molecule is CCC(C)N(CC)C(=O)Nc1cc(OC)ccc1C(=O)O. The molecule has 0 fully saturated rings. The largest absolute Gasteiger partial charge is 0.497 e. The standard InChI is InChI=1S/C15H22N2O4/c1-5-10(3)17(6-2)15(20)16-13-9-11(21-4)7-8-12(13)14(18)19/h7-10H,5-6H2,1-4H3,(H,16,20)(H,18,19). The van der Waals surface area contributed by atoms with Gasteiger partial charge in [0.15, 0.2) is 0 Å². The van der Waals surface area contributed by atoms with E-state index in [-0.39, 0.29) is 23.3 Å². The molecule has 0 spiro atoms. The Morgan fingerprint density at radius 3 is 2.52 bits per heavy atom. The normalized spacial score (nSPS) is 11.6. The van der Waals surface area contributed by atoms with Crippen molar-refractivity contribution < 1.29 is 19.4 Å². The van der Waals surface area contributed by atoms with Crippen molar-refractivity contribution in [2.45, 2.75) is 33.2 Å². The first-order valence-corrected chi connectivity index (χ1v) is 6.93. The maximum Gasteiger partial charge on any atom is 0.337 e. The molecule has 0 saturated heterocycles. The van der Waals surface area contributed by atoms with Gasteiger partial charge < -0.3 is 20.1 Å². The van der Waals surface area contributed by atoms with Gasteiger partial charge in [-0.2, -0.15) is 0 Å². The summed E-state index contributed by atoms with van der Waals surface area (Å²) in [4.78, 5) is 25.2. The van der Waals surface area contributed by atoms with E-state index in [4.69, 9.17) is 4.74 Å². The Morgan fingerprint density at radius 1 is 1.38 bits per heavy atom. The Hall–Kier alpha value is -2.24. The lowest BCUT2D eigenvalue weighted by molar-refractivity contribution is 0.0698. The van der Waals surface area contributed by atoms with Crippen LogP contribution in [0.15, 0.2) is 18.2 Å². The third kappa shape index (κ3) is 4.11. The van der Waals surface area contributed by atoms with Crippen LogP contribution in [0.3, 0.4) is 0 Å². The Kier molecular flexibility index (Phi) is 6.02. The Morgan fingerprint density at radius 2 is 2.05 bits per heavy atom. The molecule has 6 heteroatoms. The van der Waals surface area contributed by atoms with Crippen LogP contribution >= 0.6 is 0 Å². The molecule has 2 amide bonds. The quantitative estimate of drug-likeness (QED) is 0.845. The molecule has 0 bridgehead atoms. The maximum absolute atomic E-state index is 12.3. The molecule has 0 aliphatic rings. The van der Waals surface area contributed by atoms with Crippen molar-refractivity contribution in [2.75, 3.05) is 19.0 Å². The van der Waals surface area contributed by atoms with Gasteiger partial charge in [-0.1, -0.05) is 6.92 Å². The lowest BCUT2D eigenvalue weighted by atomic mass is 10.1. The zero-order valence-corrected chi connectivity index (χ0v) is 12.8. The van der Waals surface area contributed by atoms with Crippen molar-refractivity contribution in [3.63, 3.8) is 0 Å². The van der Waals surface area contributed by atoms with E-state index in [1.807, 2.05) is 20.8 Å². The molecule has 0 heterocycles. The fraction of sp³-hybridized carbons (Fsp3) is 0.467. The summed E-state index contributed by atoms with van der Waals surface area (Å²) in [5, 5.41) is 11.8. The molecule has 0 aliphatic carbocycles. The van der Waals surface area contributed by atoms with Gasteiger partial charge in [-0.05, 0) is 32.4 Å². The average molecular weight is 294 g/mol. The van der Waals surface area contributed by atoms with Gasteiger partial charge in [-0.25, -0.2) is 9.59 Å². The van der Waals surface area contributed by atoms with Crippen LogP contribution < -0.4 is 10.1 Å². The summed E-state index contributed by atoms with van der Waals surface area (Å²) in [6.45, 7) is 6.38. The molecular weight excluding hydrogens is 272 g/mol. The highest BCUT2D eigenvalue weighted by molar-refractivity contribution is 6.00. The molecule has 1 unspecified atom stereocenters. The number of amides is 2. The molecule has 1 atom stereocenters.